The Morgan fingerprint density at radius 3 is 2.47 bits per heavy atom. The number of rotatable bonds is 11. The Balaban J connectivity index is 1.57. The largest absolute Gasteiger partial charge is 0.490 e. The number of nitrogens with one attached hydrogen (secondary N) is 2. The first-order chi connectivity index (χ1) is 16.3. The van der Waals surface area contributed by atoms with Crippen LogP contribution in [0.4, 0.5) is 0 Å². The van der Waals surface area contributed by atoms with Gasteiger partial charge < -0.3 is 19.8 Å². The molecule has 1 fully saturated rings. The highest BCUT2D eigenvalue weighted by Crippen LogP contribution is 2.31. The minimum absolute atomic E-state index is 0.0974. The highest BCUT2D eigenvalue weighted by atomic mass is 16.5. The molecule has 3 rings (SSSR count). The van der Waals surface area contributed by atoms with Crippen LogP contribution in [0, 0.1) is 11.8 Å². The Morgan fingerprint density at radius 2 is 1.76 bits per heavy atom. The summed E-state index contributed by atoms with van der Waals surface area (Å²) in [5.41, 5.74) is -0.357. The van der Waals surface area contributed by atoms with E-state index >= 15 is 0 Å². The number of H-pyrrole nitrogens is 1. The predicted octanol–water partition coefficient (Wildman–Crippen LogP) is 3.99. The first-order valence-corrected chi connectivity index (χ1v) is 12.7. The minimum atomic E-state index is -0.442. The average Bonchev–Trinajstić information content (AvgIpc) is 2.80. The van der Waals surface area contributed by atoms with Gasteiger partial charge in [0.05, 0.1) is 24.1 Å². The van der Waals surface area contributed by atoms with Crippen LogP contribution in [-0.2, 0) is 11.3 Å². The van der Waals surface area contributed by atoms with E-state index in [1.807, 2.05) is 13.8 Å². The zero-order valence-electron chi connectivity index (χ0n) is 20.9. The molecule has 34 heavy (non-hydrogen) atoms. The number of unbranched alkanes of at least 4 members (excludes halogenated alkanes) is 2. The quantitative estimate of drug-likeness (QED) is 0.481. The molecule has 8 heteroatoms. The fourth-order valence-corrected chi connectivity index (χ4v) is 4.80. The number of carbonyl (C=O) groups excluding carboxylic acids is 1. The van der Waals surface area contributed by atoms with E-state index in [1.165, 1.54) is 17.4 Å². The first-order valence-electron chi connectivity index (χ1n) is 12.7. The molecular weight excluding hydrogens is 434 g/mol. The standard InChI is InChI=1S/C26H39N3O5/c1-5-33-22-15-19-21(16-23(22)34-6-2)28-26(32)29(25(19)31)14-9-7-8-13-24(30)27-20-12-10-11-17(3)18(20)4/h15-18,20H,5-14H2,1-4H3,(H,27,30)(H,28,32)/t17-,18-,20-/m1/s1. The normalized spacial score (nSPS) is 20.3. The molecule has 0 saturated heterocycles. The van der Waals surface area contributed by atoms with E-state index in [0.717, 1.165) is 19.3 Å². The van der Waals surface area contributed by atoms with Gasteiger partial charge in [-0.25, -0.2) is 4.79 Å². The summed E-state index contributed by atoms with van der Waals surface area (Å²) in [5, 5.41) is 3.59. The summed E-state index contributed by atoms with van der Waals surface area (Å²) in [4.78, 5) is 40.7. The zero-order chi connectivity index (χ0) is 24.7. The molecule has 3 atom stereocenters. The third-order valence-corrected chi connectivity index (χ3v) is 6.98. The smallest absolute Gasteiger partial charge is 0.328 e. The molecule has 2 aromatic rings. The first kappa shape index (κ1) is 25.8. The summed E-state index contributed by atoms with van der Waals surface area (Å²) in [6.07, 6.45) is 6.08. The Kier molecular flexibility index (Phi) is 9.19. The summed E-state index contributed by atoms with van der Waals surface area (Å²) in [6, 6.07) is 3.55. The van der Waals surface area contributed by atoms with Crippen LogP contribution in [0.2, 0.25) is 0 Å². The van der Waals surface area contributed by atoms with Crippen LogP contribution < -0.4 is 26.0 Å². The maximum absolute atomic E-state index is 13.0. The van der Waals surface area contributed by atoms with E-state index in [-0.39, 0.29) is 17.5 Å². The number of carbonyl (C=O) groups is 1. The van der Waals surface area contributed by atoms with Crippen molar-refractivity contribution in [2.45, 2.75) is 85.2 Å². The van der Waals surface area contributed by atoms with Crippen molar-refractivity contribution in [1.82, 2.24) is 14.9 Å². The van der Waals surface area contributed by atoms with E-state index in [9.17, 15) is 14.4 Å². The number of fused-ring (bicyclic) bond motifs is 1. The van der Waals surface area contributed by atoms with Crippen molar-refractivity contribution in [2.75, 3.05) is 13.2 Å². The van der Waals surface area contributed by atoms with E-state index in [2.05, 4.69) is 24.1 Å². The molecule has 1 amide bonds. The predicted molar refractivity (Wildman–Crippen MR) is 134 cm³/mol. The maximum atomic E-state index is 13.0. The van der Waals surface area contributed by atoms with Crippen LogP contribution >= 0.6 is 0 Å². The van der Waals surface area contributed by atoms with Crippen LogP contribution in [0.5, 0.6) is 11.5 Å². The van der Waals surface area contributed by atoms with Crippen molar-refractivity contribution < 1.29 is 14.3 Å². The van der Waals surface area contributed by atoms with E-state index < -0.39 is 5.69 Å². The molecular formula is C26H39N3O5. The molecule has 1 saturated carbocycles. The topological polar surface area (TPSA) is 102 Å². The number of ether oxygens (including phenoxy) is 2. The van der Waals surface area contributed by atoms with Gasteiger partial charge >= 0.3 is 5.69 Å². The molecule has 0 radical (unpaired) electrons. The summed E-state index contributed by atoms with van der Waals surface area (Å²) >= 11 is 0. The lowest BCUT2D eigenvalue weighted by Gasteiger charge is -2.34. The molecule has 0 spiro atoms. The molecule has 1 aliphatic rings. The Hall–Kier alpha value is -2.77. The van der Waals surface area contributed by atoms with Crippen molar-refractivity contribution in [1.29, 1.82) is 0 Å². The van der Waals surface area contributed by atoms with Gasteiger partial charge in [-0.05, 0) is 51.0 Å². The Morgan fingerprint density at radius 1 is 1.06 bits per heavy atom. The second-order valence-corrected chi connectivity index (χ2v) is 9.35. The van der Waals surface area contributed by atoms with Crippen molar-refractivity contribution in [2.24, 2.45) is 11.8 Å². The lowest BCUT2D eigenvalue weighted by atomic mass is 9.78. The summed E-state index contributed by atoms with van der Waals surface area (Å²) < 4.78 is 12.4. The molecule has 0 unspecified atom stereocenters. The highest BCUT2D eigenvalue weighted by Gasteiger charge is 2.27. The molecule has 2 N–H and O–H groups in total. The second-order valence-electron chi connectivity index (χ2n) is 9.35. The van der Waals surface area contributed by atoms with Crippen LogP contribution in [0.1, 0.15) is 72.6 Å². The number of aromatic amines is 1. The summed E-state index contributed by atoms with van der Waals surface area (Å²) in [7, 11) is 0. The SMILES string of the molecule is CCOc1cc2[nH]c(=O)n(CCCCCC(=O)N[C@@H]3CCC[C@@H](C)[C@H]3C)c(=O)c2cc1OCC. The van der Waals surface area contributed by atoms with Crippen molar-refractivity contribution in [3.63, 3.8) is 0 Å². The van der Waals surface area contributed by atoms with Gasteiger partial charge in [0.2, 0.25) is 5.91 Å². The Labute approximate surface area is 201 Å². The minimum Gasteiger partial charge on any atom is -0.490 e. The third kappa shape index (κ3) is 6.21. The maximum Gasteiger partial charge on any atom is 0.328 e. The number of amides is 1. The van der Waals surface area contributed by atoms with Gasteiger partial charge in [-0.1, -0.05) is 33.1 Å². The number of hydrogen-bond donors (Lipinski definition) is 2. The van der Waals surface area contributed by atoms with Crippen LogP contribution in [0.25, 0.3) is 10.9 Å². The second kappa shape index (κ2) is 12.1. The van der Waals surface area contributed by atoms with Crippen molar-refractivity contribution in [3.05, 3.63) is 33.0 Å². The van der Waals surface area contributed by atoms with Crippen LogP contribution in [0.15, 0.2) is 21.7 Å². The lowest BCUT2D eigenvalue weighted by molar-refractivity contribution is -0.122. The monoisotopic (exact) mass is 473 g/mol. The summed E-state index contributed by atoms with van der Waals surface area (Å²) in [5.74, 6) is 2.24. The fraction of sp³-hybridized carbons (Fsp3) is 0.654. The summed E-state index contributed by atoms with van der Waals surface area (Å²) in [6.45, 7) is 9.40. The van der Waals surface area contributed by atoms with Crippen LogP contribution in [-0.4, -0.2) is 34.7 Å². The van der Waals surface area contributed by atoms with Crippen LogP contribution in [0.3, 0.4) is 0 Å². The molecule has 8 nitrogen and oxygen atoms in total. The van der Waals surface area contributed by atoms with E-state index in [0.29, 0.717) is 66.8 Å². The number of benzene rings is 1. The number of nitrogens with zero attached hydrogens (tertiary/aromatic N) is 1. The van der Waals surface area contributed by atoms with E-state index in [1.54, 1.807) is 12.1 Å². The zero-order valence-corrected chi connectivity index (χ0v) is 20.9. The third-order valence-electron chi connectivity index (χ3n) is 6.98. The lowest BCUT2D eigenvalue weighted by Crippen LogP contribution is -2.43. The van der Waals surface area contributed by atoms with Gasteiger partial charge in [0.15, 0.2) is 11.5 Å². The molecule has 1 aromatic carbocycles. The number of hydrogen-bond acceptors (Lipinski definition) is 5. The average molecular weight is 474 g/mol. The molecule has 1 aliphatic carbocycles. The molecule has 0 aliphatic heterocycles. The van der Waals surface area contributed by atoms with Gasteiger partial charge in [0.1, 0.15) is 0 Å². The van der Waals surface area contributed by atoms with Gasteiger partial charge in [-0.15, -0.1) is 0 Å². The van der Waals surface area contributed by atoms with Gasteiger partial charge in [-0.2, -0.15) is 0 Å². The molecule has 1 heterocycles. The van der Waals surface area contributed by atoms with E-state index in [4.69, 9.17) is 9.47 Å². The van der Waals surface area contributed by atoms with Crippen molar-refractivity contribution in [3.8, 4) is 11.5 Å². The van der Waals surface area contributed by atoms with Gasteiger partial charge in [0, 0.05) is 25.1 Å². The van der Waals surface area contributed by atoms with Gasteiger partial charge in [0.25, 0.3) is 5.56 Å². The number of aromatic nitrogens is 2. The highest BCUT2D eigenvalue weighted by molar-refractivity contribution is 5.81. The Bertz CT molecular complexity index is 1090. The molecule has 1 aromatic heterocycles. The molecule has 188 valence electrons. The molecule has 0 bridgehead atoms. The van der Waals surface area contributed by atoms with Crippen molar-refractivity contribution >= 4 is 16.8 Å². The fourth-order valence-electron chi connectivity index (χ4n) is 4.80. The van der Waals surface area contributed by atoms with Gasteiger partial charge in [-0.3, -0.25) is 14.2 Å².